The van der Waals surface area contributed by atoms with E-state index in [1.54, 1.807) is 14.2 Å². The van der Waals surface area contributed by atoms with Crippen LogP contribution in [-0.2, 0) is 6.61 Å². The summed E-state index contributed by atoms with van der Waals surface area (Å²) in [5, 5.41) is 12.4. The molecule has 4 aromatic rings. The lowest BCUT2D eigenvalue weighted by molar-refractivity contribution is 0.306. The van der Waals surface area contributed by atoms with E-state index in [4.69, 9.17) is 14.2 Å². The molecular formula is C27H22N2O3S. The maximum absolute atomic E-state index is 9.77. The lowest BCUT2D eigenvalue weighted by Gasteiger charge is -2.08. The highest BCUT2D eigenvalue weighted by Crippen LogP contribution is 2.34. The Bertz CT molecular complexity index is 1310. The van der Waals surface area contributed by atoms with Crippen LogP contribution in [0.15, 0.2) is 78.2 Å². The van der Waals surface area contributed by atoms with Gasteiger partial charge in [0.25, 0.3) is 0 Å². The smallest absolute Gasteiger partial charge is 0.161 e. The van der Waals surface area contributed by atoms with E-state index < -0.39 is 0 Å². The Morgan fingerprint density at radius 3 is 2.55 bits per heavy atom. The van der Waals surface area contributed by atoms with Crippen LogP contribution < -0.4 is 14.2 Å². The van der Waals surface area contributed by atoms with Crippen molar-refractivity contribution in [1.29, 1.82) is 5.26 Å². The van der Waals surface area contributed by atoms with Crippen molar-refractivity contribution in [2.75, 3.05) is 14.2 Å². The van der Waals surface area contributed by atoms with Gasteiger partial charge in [0.2, 0.25) is 0 Å². The molecule has 3 aromatic carbocycles. The first-order valence-electron chi connectivity index (χ1n) is 10.3. The van der Waals surface area contributed by atoms with E-state index in [2.05, 4.69) is 11.1 Å². The average Bonchev–Trinajstić information content (AvgIpc) is 3.36. The number of nitriles is 1. The standard InChI is InChI=1S/C27H22N2O3S/c1-30-25-12-11-21(15-26(25)31-2)24-18-33-27(29-24)22(16-28)13-20-9-6-10-23(14-20)32-17-19-7-4-3-5-8-19/h3-15,18H,17H2,1-2H3/b22-13+. The average molecular weight is 455 g/mol. The number of aromatic nitrogens is 1. The van der Waals surface area contributed by atoms with Gasteiger partial charge < -0.3 is 14.2 Å². The molecule has 33 heavy (non-hydrogen) atoms. The van der Waals surface area contributed by atoms with Gasteiger partial charge in [-0.1, -0.05) is 42.5 Å². The van der Waals surface area contributed by atoms with Gasteiger partial charge in [0.15, 0.2) is 11.5 Å². The Morgan fingerprint density at radius 2 is 1.79 bits per heavy atom. The summed E-state index contributed by atoms with van der Waals surface area (Å²) in [5.41, 5.74) is 4.13. The molecule has 0 radical (unpaired) electrons. The van der Waals surface area contributed by atoms with E-state index in [-0.39, 0.29) is 0 Å². The summed E-state index contributed by atoms with van der Waals surface area (Å²) >= 11 is 1.43. The van der Waals surface area contributed by atoms with Gasteiger partial charge in [-0.25, -0.2) is 4.98 Å². The number of hydrogen-bond donors (Lipinski definition) is 0. The van der Waals surface area contributed by atoms with Gasteiger partial charge in [0.05, 0.1) is 25.5 Å². The van der Waals surface area contributed by atoms with Gasteiger partial charge in [-0.15, -0.1) is 11.3 Å². The molecule has 0 atom stereocenters. The van der Waals surface area contributed by atoms with Crippen molar-refractivity contribution in [3.8, 4) is 34.6 Å². The summed E-state index contributed by atoms with van der Waals surface area (Å²) in [4.78, 5) is 4.68. The normalized spacial score (nSPS) is 11.0. The summed E-state index contributed by atoms with van der Waals surface area (Å²) in [7, 11) is 3.20. The van der Waals surface area contributed by atoms with Crippen molar-refractivity contribution in [2.24, 2.45) is 0 Å². The van der Waals surface area contributed by atoms with Gasteiger partial charge in [-0.2, -0.15) is 5.26 Å². The monoisotopic (exact) mass is 454 g/mol. The molecule has 6 heteroatoms. The Kier molecular flexibility index (Phi) is 7.03. The molecule has 0 N–H and O–H groups in total. The maximum atomic E-state index is 9.77. The van der Waals surface area contributed by atoms with Gasteiger partial charge in [-0.3, -0.25) is 0 Å². The second-order valence-electron chi connectivity index (χ2n) is 7.12. The van der Waals surface area contributed by atoms with E-state index in [0.29, 0.717) is 28.7 Å². The first-order chi connectivity index (χ1) is 16.2. The molecule has 0 spiro atoms. The van der Waals surface area contributed by atoms with E-state index in [0.717, 1.165) is 28.1 Å². The number of methoxy groups -OCH3 is 2. The molecule has 0 saturated heterocycles. The minimum atomic E-state index is 0.486. The summed E-state index contributed by atoms with van der Waals surface area (Å²) in [6, 6.07) is 25.6. The number of rotatable bonds is 8. The molecule has 0 unspecified atom stereocenters. The second kappa shape index (κ2) is 10.5. The highest BCUT2D eigenvalue weighted by atomic mass is 32.1. The third-order valence-corrected chi connectivity index (χ3v) is 5.83. The van der Waals surface area contributed by atoms with Gasteiger partial charge in [0, 0.05) is 10.9 Å². The first kappa shape index (κ1) is 22.1. The van der Waals surface area contributed by atoms with Crippen LogP contribution in [-0.4, -0.2) is 19.2 Å². The topological polar surface area (TPSA) is 64.4 Å². The van der Waals surface area contributed by atoms with Crippen LogP contribution in [0, 0.1) is 11.3 Å². The molecule has 0 amide bonds. The van der Waals surface area contributed by atoms with E-state index >= 15 is 0 Å². The summed E-state index contributed by atoms with van der Waals surface area (Å²) in [6.45, 7) is 0.486. The van der Waals surface area contributed by atoms with Crippen LogP contribution in [0.25, 0.3) is 22.9 Å². The van der Waals surface area contributed by atoms with Crippen LogP contribution in [0.3, 0.4) is 0 Å². The lowest BCUT2D eigenvalue weighted by atomic mass is 10.1. The van der Waals surface area contributed by atoms with E-state index in [1.807, 2.05) is 84.3 Å². The highest BCUT2D eigenvalue weighted by molar-refractivity contribution is 7.11. The zero-order valence-corrected chi connectivity index (χ0v) is 19.1. The third-order valence-electron chi connectivity index (χ3n) is 4.95. The van der Waals surface area contributed by atoms with Crippen LogP contribution in [0.2, 0.25) is 0 Å². The predicted molar refractivity (Wildman–Crippen MR) is 131 cm³/mol. The van der Waals surface area contributed by atoms with Crippen molar-refractivity contribution in [3.05, 3.63) is 94.3 Å². The quantitative estimate of drug-likeness (QED) is 0.286. The third kappa shape index (κ3) is 5.40. The fourth-order valence-electron chi connectivity index (χ4n) is 3.27. The van der Waals surface area contributed by atoms with Crippen LogP contribution in [0.5, 0.6) is 17.2 Å². The van der Waals surface area contributed by atoms with Gasteiger partial charge >= 0.3 is 0 Å². The Hall–Kier alpha value is -4.08. The van der Waals surface area contributed by atoms with Gasteiger partial charge in [0.1, 0.15) is 23.4 Å². The lowest BCUT2D eigenvalue weighted by Crippen LogP contribution is -1.95. The molecule has 4 rings (SSSR count). The van der Waals surface area contributed by atoms with E-state index in [9.17, 15) is 5.26 Å². The second-order valence-corrected chi connectivity index (χ2v) is 7.98. The first-order valence-corrected chi connectivity index (χ1v) is 11.1. The summed E-state index contributed by atoms with van der Waals surface area (Å²) < 4.78 is 16.6. The Labute approximate surface area is 197 Å². The molecule has 0 fully saturated rings. The number of benzene rings is 3. The molecule has 1 heterocycles. The zero-order chi connectivity index (χ0) is 23.0. The van der Waals surface area contributed by atoms with Crippen LogP contribution >= 0.6 is 11.3 Å². The Balaban J connectivity index is 1.54. The van der Waals surface area contributed by atoms with Crippen molar-refractivity contribution in [1.82, 2.24) is 4.98 Å². The molecule has 0 aliphatic rings. The molecule has 0 aliphatic carbocycles. The highest BCUT2D eigenvalue weighted by Gasteiger charge is 2.12. The summed E-state index contributed by atoms with van der Waals surface area (Å²) in [6.07, 6.45) is 1.83. The zero-order valence-electron chi connectivity index (χ0n) is 18.3. The number of nitrogens with zero attached hydrogens (tertiary/aromatic N) is 2. The fourth-order valence-corrected chi connectivity index (χ4v) is 4.06. The molecular weight excluding hydrogens is 432 g/mol. The van der Waals surface area contributed by atoms with Crippen molar-refractivity contribution >= 4 is 23.0 Å². The number of hydrogen-bond acceptors (Lipinski definition) is 6. The minimum absolute atomic E-state index is 0.486. The predicted octanol–water partition coefficient (Wildman–Crippen LogP) is 6.47. The summed E-state index contributed by atoms with van der Waals surface area (Å²) in [5.74, 6) is 2.03. The number of thiazole rings is 1. The Morgan fingerprint density at radius 1 is 0.970 bits per heavy atom. The SMILES string of the molecule is COc1ccc(-c2csc(/C(C#N)=C/c3cccc(OCc4ccccc4)c3)n2)cc1OC. The van der Waals surface area contributed by atoms with Gasteiger partial charge in [-0.05, 0) is 47.5 Å². The largest absolute Gasteiger partial charge is 0.493 e. The minimum Gasteiger partial charge on any atom is -0.493 e. The fraction of sp³-hybridized carbons (Fsp3) is 0.111. The number of ether oxygens (including phenoxy) is 3. The van der Waals surface area contributed by atoms with Crippen molar-refractivity contribution in [3.63, 3.8) is 0 Å². The molecule has 1 aromatic heterocycles. The van der Waals surface area contributed by atoms with Crippen molar-refractivity contribution < 1.29 is 14.2 Å². The molecule has 0 aliphatic heterocycles. The van der Waals surface area contributed by atoms with Crippen LogP contribution in [0.1, 0.15) is 16.1 Å². The van der Waals surface area contributed by atoms with Crippen LogP contribution in [0.4, 0.5) is 0 Å². The molecule has 0 saturated carbocycles. The molecule has 164 valence electrons. The molecule has 5 nitrogen and oxygen atoms in total. The maximum Gasteiger partial charge on any atom is 0.161 e. The van der Waals surface area contributed by atoms with Crippen molar-refractivity contribution in [2.45, 2.75) is 6.61 Å². The van der Waals surface area contributed by atoms with E-state index in [1.165, 1.54) is 11.3 Å². The number of allylic oxidation sites excluding steroid dienone is 1. The molecule has 0 bridgehead atoms.